The van der Waals surface area contributed by atoms with Gasteiger partial charge in [-0.15, -0.1) is 0 Å². The molecule has 10 atom stereocenters. The molecule has 13 heteroatoms. The lowest BCUT2D eigenvalue weighted by molar-refractivity contribution is -0.149. The Balaban J connectivity index is 1.77. The highest BCUT2D eigenvalue weighted by atomic mass is 16.6. The molecule has 0 radical (unpaired) electrons. The van der Waals surface area contributed by atoms with E-state index in [1.165, 1.54) is 0 Å². The van der Waals surface area contributed by atoms with Crippen molar-refractivity contribution in [1.82, 2.24) is 24.9 Å². The minimum Gasteiger partial charge on any atom is -0.441 e. The van der Waals surface area contributed by atoms with E-state index in [1.54, 1.807) is 38.1 Å². The summed E-state index contributed by atoms with van der Waals surface area (Å²) in [5.74, 6) is -1.59. The van der Waals surface area contributed by atoms with Crippen molar-refractivity contribution in [2.45, 2.75) is 130 Å². The highest BCUT2D eigenvalue weighted by Crippen LogP contribution is 2.34. The summed E-state index contributed by atoms with van der Waals surface area (Å²) in [6.45, 7) is 19.1. The van der Waals surface area contributed by atoms with Crippen molar-refractivity contribution in [3.05, 3.63) is 35.9 Å². The first-order valence-electron chi connectivity index (χ1n) is 22.4. The number of rotatable bonds is 23. The number of likely N-dealkylation sites (tertiary alicyclic amines) is 1. The molecular weight excluding hydrogens is 763 g/mol. The molecule has 2 aliphatic heterocycles. The number of Topliss-reactive ketones (excluding diaryl/α,β-unsaturated/α-hetero) is 2. The Morgan fingerprint density at radius 1 is 0.817 bits per heavy atom. The Kier molecular flexibility index (Phi) is 20.6. The van der Waals surface area contributed by atoms with E-state index in [0.29, 0.717) is 26.1 Å². The average Bonchev–Trinajstić information content (AvgIpc) is 3.71. The molecule has 3 rings (SSSR count). The first kappa shape index (κ1) is 51.0. The van der Waals surface area contributed by atoms with Gasteiger partial charge in [0.1, 0.15) is 11.9 Å². The van der Waals surface area contributed by atoms with Gasteiger partial charge in [-0.05, 0) is 50.3 Å². The Morgan fingerprint density at radius 2 is 1.45 bits per heavy atom. The van der Waals surface area contributed by atoms with Crippen LogP contribution in [-0.2, 0) is 33.4 Å². The summed E-state index contributed by atoms with van der Waals surface area (Å²) in [7, 11) is 8.76. The normalized spacial score (nSPS) is 20.8. The average molecular weight is 842 g/mol. The number of ether oxygens (including phenoxy) is 3. The summed E-state index contributed by atoms with van der Waals surface area (Å²) in [5.41, 5.74) is 0.835. The number of ketones is 2. The molecule has 1 aromatic carbocycles. The fraction of sp³-hybridized carbons (Fsp3) is 0.766. The lowest BCUT2D eigenvalue weighted by Gasteiger charge is -2.41. The number of benzene rings is 1. The van der Waals surface area contributed by atoms with E-state index in [0.717, 1.165) is 31.5 Å². The zero-order valence-corrected chi connectivity index (χ0v) is 39.1. The maximum absolute atomic E-state index is 14.4. The van der Waals surface area contributed by atoms with Crippen molar-refractivity contribution in [3.63, 3.8) is 0 Å². The lowest BCUT2D eigenvalue weighted by Crippen LogP contribution is -2.54. The first-order valence-corrected chi connectivity index (χ1v) is 22.4. The van der Waals surface area contributed by atoms with E-state index in [1.807, 2.05) is 83.8 Å². The van der Waals surface area contributed by atoms with Crippen LogP contribution in [0.5, 0.6) is 0 Å². The molecule has 2 fully saturated rings. The number of nitrogens with zero attached hydrogens (tertiary/aromatic N) is 4. The summed E-state index contributed by atoms with van der Waals surface area (Å²) >= 11 is 0. The standard InChI is InChI=1S/C47H79N5O8/c1-14-32(6)43(50(11)46(56)36(30(2)3)28-39(54)42(48-9)31(4)5)40(58-12)29-41(55)52-22-18-21-37(52)45(59-13)34(8)38(53)27-33(7)44(35-19-16-15-17-20-35)60-47(57)51-25-23-49(10)24-26-51/h15-17,19-20,30-34,36-37,40,42-45,48H,14,18,21-29H2,1-13H3/t32-,33-,34-,36-,37-,40?,42-,43-,44+,45+/m0/s1. The smallest absolute Gasteiger partial charge is 0.410 e. The van der Waals surface area contributed by atoms with E-state index in [9.17, 15) is 24.0 Å². The number of likely N-dealkylation sites (N-methyl/N-ethyl adjacent to an activating group) is 3. The second kappa shape index (κ2) is 24.3. The quantitative estimate of drug-likeness (QED) is 0.138. The van der Waals surface area contributed by atoms with Gasteiger partial charge in [0.2, 0.25) is 11.8 Å². The summed E-state index contributed by atoms with van der Waals surface area (Å²) in [6, 6.07) is 8.50. The minimum atomic E-state index is -0.615. The maximum atomic E-state index is 14.4. The van der Waals surface area contributed by atoms with Crippen LogP contribution >= 0.6 is 0 Å². The van der Waals surface area contributed by atoms with Crippen LogP contribution in [0.25, 0.3) is 0 Å². The number of piperazine rings is 1. The van der Waals surface area contributed by atoms with Crippen LogP contribution in [0.2, 0.25) is 0 Å². The third kappa shape index (κ3) is 13.3. The largest absolute Gasteiger partial charge is 0.441 e. The summed E-state index contributed by atoms with van der Waals surface area (Å²) in [6.07, 6.45) is 0.414. The van der Waals surface area contributed by atoms with Crippen molar-refractivity contribution in [2.24, 2.45) is 35.5 Å². The Labute approximate surface area is 361 Å². The molecule has 1 N–H and O–H groups in total. The molecule has 2 saturated heterocycles. The van der Waals surface area contributed by atoms with Gasteiger partial charge < -0.3 is 39.1 Å². The van der Waals surface area contributed by atoms with Gasteiger partial charge in [0.05, 0.1) is 36.8 Å². The zero-order valence-electron chi connectivity index (χ0n) is 39.1. The zero-order chi connectivity index (χ0) is 44.8. The second-order valence-corrected chi connectivity index (χ2v) is 18.3. The number of amides is 3. The highest BCUT2D eigenvalue weighted by molar-refractivity contribution is 5.90. The molecule has 0 saturated carbocycles. The second-order valence-electron chi connectivity index (χ2n) is 18.3. The van der Waals surface area contributed by atoms with Crippen molar-refractivity contribution < 1.29 is 38.2 Å². The minimum absolute atomic E-state index is 0.00205. The van der Waals surface area contributed by atoms with Gasteiger partial charge in [0, 0.05) is 84.6 Å². The Bertz CT molecular complexity index is 1520. The van der Waals surface area contributed by atoms with Gasteiger partial charge in [0.25, 0.3) is 0 Å². The van der Waals surface area contributed by atoms with E-state index in [-0.39, 0.29) is 84.5 Å². The number of nitrogens with one attached hydrogen (secondary N) is 1. The van der Waals surface area contributed by atoms with E-state index < -0.39 is 36.2 Å². The Morgan fingerprint density at radius 3 is 1.98 bits per heavy atom. The topological polar surface area (TPSA) is 138 Å². The first-order chi connectivity index (χ1) is 28.4. The molecule has 340 valence electrons. The third-order valence-electron chi connectivity index (χ3n) is 13.4. The third-order valence-corrected chi connectivity index (χ3v) is 13.4. The van der Waals surface area contributed by atoms with Gasteiger partial charge in [-0.2, -0.15) is 0 Å². The molecule has 1 aromatic rings. The van der Waals surface area contributed by atoms with Crippen molar-refractivity contribution >= 4 is 29.5 Å². The molecule has 2 aliphatic rings. The van der Waals surface area contributed by atoms with Crippen LogP contribution in [0.3, 0.4) is 0 Å². The fourth-order valence-corrected chi connectivity index (χ4v) is 9.36. The van der Waals surface area contributed by atoms with Gasteiger partial charge >= 0.3 is 6.09 Å². The fourth-order valence-electron chi connectivity index (χ4n) is 9.36. The molecule has 60 heavy (non-hydrogen) atoms. The summed E-state index contributed by atoms with van der Waals surface area (Å²) in [5, 5.41) is 3.12. The number of methoxy groups -OCH3 is 2. The van der Waals surface area contributed by atoms with Crippen LogP contribution in [0.15, 0.2) is 30.3 Å². The van der Waals surface area contributed by atoms with E-state index >= 15 is 0 Å². The van der Waals surface area contributed by atoms with Crippen molar-refractivity contribution in [2.75, 3.05) is 68.1 Å². The van der Waals surface area contributed by atoms with Crippen molar-refractivity contribution in [1.29, 1.82) is 0 Å². The molecule has 3 amide bonds. The molecule has 0 spiro atoms. The molecule has 0 aliphatic carbocycles. The predicted molar refractivity (Wildman–Crippen MR) is 235 cm³/mol. The SMILES string of the molecule is CC[C@H](C)[C@@H](C(CC(=O)N1CCC[C@H]1[C@H](OC)[C@@H](C)C(=O)C[C@H](C)[C@@H](OC(=O)N1CCN(C)CC1)c1ccccc1)OC)N(C)C(=O)[C@@H](CC(=O)[C@@H](NC)C(C)C)C(C)C. The number of hydrogen-bond acceptors (Lipinski definition) is 10. The molecule has 0 aromatic heterocycles. The van der Waals surface area contributed by atoms with E-state index in [4.69, 9.17) is 14.2 Å². The van der Waals surface area contributed by atoms with Crippen molar-refractivity contribution in [3.8, 4) is 0 Å². The Hall–Kier alpha value is -3.39. The van der Waals surface area contributed by atoms with Crippen LogP contribution in [-0.4, -0.2) is 147 Å². The van der Waals surface area contributed by atoms with Crippen LogP contribution in [0.4, 0.5) is 4.79 Å². The molecule has 1 unspecified atom stereocenters. The van der Waals surface area contributed by atoms with Crippen LogP contribution < -0.4 is 5.32 Å². The molecule has 2 heterocycles. The van der Waals surface area contributed by atoms with Gasteiger partial charge in [-0.25, -0.2) is 4.79 Å². The monoisotopic (exact) mass is 842 g/mol. The molecular formula is C47H79N5O8. The maximum Gasteiger partial charge on any atom is 0.410 e. The predicted octanol–water partition coefficient (Wildman–Crippen LogP) is 6.10. The summed E-state index contributed by atoms with van der Waals surface area (Å²) < 4.78 is 18.3. The molecule has 0 bridgehead atoms. The van der Waals surface area contributed by atoms with Crippen LogP contribution in [0, 0.1) is 35.5 Å². The number of carbonyl (C=O) groups excluding carboxylic acids is 5. The highest BCUT2D eigenvalue weighted by Gasteiger charge is 2.43. The van der Waals surface area contributed by atoms with Gasteiger partial charge in [-0.1, -0.05) is 92.1 Å². The summed E-state index contributed by atoms with van der Waals surface area (Å²) in [4.78, 5) is 77.0. The lowest BCUT2D eigenvalue weighted by atomic mass is 9.84. The number of hydrogen-bond donors (Lipinski definition) is 1. The van der Waals surface area contributed by atoms with Gasteiger partial charge in [-0.3, -0.25) is 19.2 Å². The van der Waals surface area contributed by atoms with Gasteiger partial charge in [0.15, 0.2) is 5.78 Å². The molecule has 13 nitrogen and oxygen atoms in total. The van der Waals surface area contributed by atoms with E-state index in [2.05, 4.69) is 24.1 Å². The number of carbonyl (C=O) groups is 5. The van der Waals surface area contributed by atoms with Crippen LogP contribution in [0.1, 0.15) is 106 Å².